The first-order valence-corrected chi connectivity index (χ1v) is 16.9. The fourth-order valence-corrected chi connectivity index (χ4v) is 4.67. The van der Waals surface area contributed by atoms with Gasteiger partial charge in [-0.3, -0.25) is 0 Å². The fraction of sp³-hybridized carbons (Fsp3) is 0.474. The van der Waals surface area contributed by atoms with Crippen LogP contribution < -0.4 is 9.47 Å². The highest BCUT2D eigenvalue weighted by atomic mass is 16.7. The third-order valence-corrected chi connectivity index (χ3v) is 7.41. The number of ether oxygens (including phenoxy) is 4. The largest absolute Gasteiger partial charge is 0.494 e. The molecule has 0 saturated heterocycles. The van der Waals surface area contributed by atoms with Crippen molar-refractivity contribution in [2.45, 2.75) is 104 Å². The molecule has 0 amide bonds. The SMILES string of the molecule is CCCCCCCCCCOC(C)OC(=O)c1ccc(C(=O)Oc2ccc(N=Nc3ccc(OCCCCCC)cc3)cc2)cc1. The average Bonchev–Trinajstić information content (AvgIpc) is 3.07. The minimum absolute atomic E-state index is 0.313. The third-order valence-electron chi connectivity index (χ3n) is 7.41. The first-order chi connectivity index (χ1) is 22.5. The van der Waals surface area contributed by atoms with E-state index in [4.69, 9.17) is 18.9 Å². The van der Waals surface area contributed by atoms with Crippen molar-refractivity contribution in [3.8, 4) is 11.5 Å². The molecule has 0 spiro atoms. The van der Waals surface area contributed by atoms with Gasteiger partial charge in [0.2, 0.25) is 0 Å². The highest BCUT2D eigenvalue weighted by Crippen LogP contribution is 2.24. The molecule has 0 aliphatic rings. The van der Waals surface area contributed by atoms with Crippen LogP contribution in [0.1, 0.15) is 119 Å². The zero-order valence-electron chi connectivity index (χ0n) is 27.7. The van der Waals surface area contributed by atoms with Crippen molar-refractivity contribution in [1.82, 2.24) is 0 Å². The van der Waals surface area contributed by atoms with Gasteiger partial charge in [-0.05, 0) is 92.6 Å². The lowest BCUT2D eigenvalue weighted by molar-refractivity contribution is -0.0987. The first-order valence-electron chi connectivity index (χ1n) is 16.9. The van der Waals surface area contributed by atoms with E-state index in [0.29, 0.717) is 41.5 Å². The van der Waals surface area contributed by atoms with E-state index in [1.807, 2.05) is 24.3 Å². The molecule has 3 rings (SSSR count). The summed E-state index contributed by atoms with van der Waals surface area (Å²) < 4.78 is 22.3. The quantitative estimate of drug-likeness (QED) is 0.0360. The molecule has 0 aliphatic heterocycles. The Morgan fingerprint density at radius 3 is 1.59 bits per heavy atom. The number of carbonyl (C=O) groups excluding carboxylic acids is 2. The lowest BCUT2D eigenvalue weighted by atomic mass is 10.1. The number of azo groups is 1. The second-order valence-electron chi connectivity index (χ2n) is 11.4. The summed E-state index contributed by atoms with van der Waals surface area (Å²) in [4.78, 5) is 25.2. The normalized spacial score (nSPS) is 11.8. The highest BCUT2D eigenvalue weighted by Gasteiger charge is 2.14. The summed E-state index contributed by atoms with van der Waals surface area (Å²) in [5, 5.41) is 8.53. The summed E-state index contributed by atoms with van der Waals surface area (Å²) in [6, 6.07) is 20.4. The number of nitrogens with zero attached hydrogens (tertiary/aromatic N) is 2. The van der Waals surface area contributed by atoms with Gasteiger partial charge in [-0.15, -0.1) is 0 Å². The standard InChI is InChI=1S/C38H50N2O6/c1-4-6-8-10-11-12-13-15-28-43-30(3)45-37(41)31-16-18-32(19-17-31)38(42)46-36-26-22-34(23-27-36)40-39-33-20-24-35(25-21-33)44-29-14-9-7-5-2/h16-27,30H,4-15,28-29H2,1-3H3. The lowest BCUT2D eigenvalue weighted by Crippen LogP contribution is -2.19. The molecule has 0 saturated carbocycles. The number of hydrogen-bond acceptors (Lipinski definition) is 8. The number of benzene rings is 3. The average molecular weight is 631 g/mol. The Kier molecular flexibility index (Phi) is 17.1. The van der Waals surface area contributed by atoms with E-state index in [2.05, 4.69) is 24.1 Å². The molecular formula is C38H50N2O6. The molecule has 0 bridgehead atoms. The molecular weight excluding hydrogens is 580 g/mol. The Morgan fingerprint density at radius 1 is 0.565 bits per heavy atom. The third kappa shape index (κ3) is 14.4. The first kappa shape index (κ1) is 36.4. The van der Waals surface area contributed by atoms with Crippen LogP contribution in [0.5, 0.6) is 11.5 Å². The van der Waals surface area contributed by atoms with Gasteiger partial charge < -0.3 is 18.9 Å². The predicted molar refractivity (Wildman–Crippen MR) is 182 cm³/mol. The predicted octanol–water partition coefficient (Wildman–Crippen LogP) is 10.9. The van der Waals surface area contributed by atoms with E-state index in [0.717, 1.165) is 25.0 Å². The van der Waals surface area contributed by atoms with Crippen LogP contribution in [-0.4, -0.2) is 31.4 Å². The fourth-order valence-electron chi connectivity index (χ4n) is 4.67. The smallest absolute Gasteiger partial charge is 0.343 e. The Balaban J connectivity index is 1.36. The van der Waals surface area contributed by atoms with Gasteiger partial charge in [0.15, 0.2) is 6.29 Å². The maximum Gasteiger partial charge on any atom is 0.343 e. The summed E-state index contributed by atoms with van der Waals surface area (Å²) in [6.07, 6.45) is 13.8. The van der Waals surface area contributed by atoms with Gasteiger partial charge in [-0.2, -0.15) is 10.2 Å². The zero-order valence-corrected chi connectivity index (χ0v) is 27.7. The van der Waals surface area contributed by atoms with Gasteiger partial charge >= 0.3 is 11.9 Å². The molecule has 3 aromatic rings. The van der Waals surface area contributed by atoms with E-state index in [1.165, 1.54) is 69.9 Å². The zero-order chi connectivity index (χ0) is 32.8. The van der Waals surface area contributed by atoms with Crippen LogP contribution in [0.4, 0.5) is 11.4 Å². The number of esters is 2. The molecule has 1 atom stereocenters. The Bertz CT molecular complexity index is 1310. The van der Waals surface area contributed by atoms with Gasteiger partial charge in [0, 0.05) is 0 Å². The second kappa shape index (κ2) is 21.7. The number of unbranched alkanes of at least 4 members (excludes halogenated alkanes) is 10. The van der Waals surface area contributed by atoms with E-state index >= 15 is 0 Å². The number of carbonyl (C=O) groups is 2. The van der Waals surface area contributed by atoms with E-state index in [9.17, 15) is 9.59 Å². The summed E-state index contributed by atoms with van der Waals surface area (Å²) in [7, 11) is 0. The molecule has 1 unspecified atom stereocenters. The summed E-state index contributed by atoms with van der Waals surface area (Å²) in [5.74, 6) is 0.148. The molecule has 3 aromatic carbocycles. The van der Waals surface area contributed by atoms with Gasteiger partial charge in [0.25, 0.3) is 0 Å². The maximum atomic E-state index is 12.7. The summed E-state index contributed by atoms with van der Waals surface area (Å²) >= 11 is 0. The Morgan fingerprint density at radius 2 is 1.02 bits per heavy atom. The molecule has 0 N–H and O–H groups in total. The molecule has 0 heterocycles. The molecule has 8 nitrogen and oxygen atoms in total. The second-order valence-corrected chi connectivity index (χ2v) is 11.4. The van der Waals surface area contributed by atoms with E-state index in [1.54, 1.807) is 43.3 Å². The van der Waals surface area contributed by atoms with Gasteiger partial charge in [0.05, 0.1) is 35.7 Å². The molecule has 0 aromatic heterocycles. The minimum atomic E-state index is -0.644. The van der Waals surface area contributed by atoms with Gasteiger partial charge in [-0.25, -0.2) is 9.59 Å². The highest BCUT2D eigenvalue weighted by molar-refractivity contribution is 5.94. The molecule has 0 fully saturated rings. The van der Waals surface area contributed by atoms with E-state index in [-0.39, 0.29) is 0 Å². The van der Waals surface area contributed by atoms with Gasteiger partial charge in [0.1, 0.15) is 11.5 Å². The van der Waals surface area contributed by atoms with Crippen LogP contribution >= 0.6 is 0 Å². The van der Waals surface area contributed by atoms with Crippen LogP contribution in [0, 0.1) is 0 Å². The molecule has 8 heteroatoms. The van der Waals surface area contributed by atoms with Gasteiger partial charge in [-0.1, -0.05) is 78.1 Å². The van der Waals surface area contributed by atoms with Crippen LogP contribution in [0.25, 0.3) is 0 Å². The number of hydrogen-bond donors (Lipinski definition) is 0. The molecule has 0 radical (unpaired) electrons. The van der Waals surface area contributed by atoms with Crippen molar-refractivity contribution in [3.05, 3.63) is 83.9 Å². The van der Waals surface area contributed by atoms with Crippen molar-refractivity contribution in [2.24, 2.45) is 10.2 Å². The van der Waals surface area contributed by atoms with Crippen molar-refractivity contribution in [3.63, 3.8) is 0 Å². The molecule has 248 valence electrons. The van der Waals surface area contributed by atoms with Crippen molar-refractivity contribution in [1.29, 1.82) is 0 Å². The molecule has 0 aliphatic carbocycles. The van der Waals surface area contributed by atoms with Crippen LogP contribution in [0.15, 0.2) is 83.0 Å². The maximum absolute atomic E-state index is 12.7. The Labute approximate surface area is 274 Å². The van der Waals surface area contributed by atoms with Crippen molar-refractivity contribution < 1.29 is 28.5 Å². The van der Waals surface area contributed by atoms with Crippen molar-refractivity contribution >= 4 is 23.3 Å². The van der Waals surface area contributed by atoms with Crippen LogP contribution in [-0.2, 0) is 9.47 Å². The topological polar surface area (TPSA) is 95.8 Å². The lowest BCUT2D eigenvalue weighted by Gasteiger charge is -2.14. The Hall–Kier alpha value is -4.04. The van der Waals surface area contributed by atoms with Crippen LogP contribution in [0.2, 0.25) is 0 Å². The number of rotatable bonds is 22. The van der Waals surface area contributed by atoms with Crippen LogP contribution in [0.3, 0.4) is 0 Å². The molecule has 46 heavy (non-hydrogen) atoms. The monoisotopic (exact) mass is 630 g/mol. The minimum Gasteiger partial charge on any atom is -0.494 e. The van der Waals surface area contributed by atoms with Crippen molar-refractivity contribution in [2.75, 3.05) is 13.2 Å². The van der Waals surface area contributed by atoms with E-state index < -0.39 is 18.2 Å². The summed E-state index contributed by atoms with van der Waals surface area (Å²) in [6.45, 7) is 7.40. The summed E-state index contributed by atoms with van der Waals surface area (Å²) in [5.41, 5.74) is 1.97.